The van der Waals surface area contributed by atoms with Crippen molar-refractivity contribution in [1.29, 1.82) is 0 Å². The van der Waals surface area contributed by atoms with Crippen molar-refractivity contribution in [3.63, 3.8) is 0 Å². The number of hydrogen-bond acceptors (Lipinski definition) is 3. The summed E-state index contributed by atoms with van der Waals surface area (Å²) in [5.41, 5.74) is 5.16. The molecule has 2 aliphatic rings. The van der Waals surface area contributed by atoms with Gasteiger partial charge in [0.15, 0.2) is 0 Å². The number of nitrogens with zero attached hydrogens (tertiary/aromatic N) is 2. The zero-order valence-electron chi connectivity index (χ0n) is 16.2. The quantitative estimate of drug-likeness (QED) is 0.787. The third kappa shape index (κ3) is 3.41. The van der Waals surface area contributed by atoms with Crippen LogP contribution in [0, 0.1) is 6.92 Å². The first kappa shape index (κ1) is 17.9. The molecule has 0 N–H and O–H groups in total. The maximum Gasteiger partial charge on any atom is 0.410 e. The molecule has 4 rings (SSSR count). The van der Waals surface area contributed by atoms with Crippen LogP contribution in [0.5, 0.6) is 0 Å². The second kappa shape index (κ2) is 7.63. The molecule has 0 bridgehead atoms. The Morgan fingerprint density at radius 2 is 1.96 bits per heavy atom. The van der Waals surface area contributed by atoms with E-state index in [2.05, 4.69) is 36.9 Å². The van der Waals surface area contributed by atoms with Crippen LogP contribution in [0.15, 0.2) is 48.5 Å². The van der Waals surface area contributed by atoms with Crippen molar-refractivity contribution in [1.82, 2.24) is 4.90 Å². The minimum Gasteiger partial charge on any atom is -0.445 e. The van der Waals surface area contributed by atoms with Gasteiger partial charge in [0.25, 0.3) is 0 Å². The number of amides is 1. The number of benzene rings is 2. The van der Waals surface area contributed by atoms with E-state index in [1.807, 2.05) is 35.2 Å². The highest BCUT2D eigenvalue weighted by molar-refractivity contribution is 5.70. The molecule has 142 valence electrons. The van der Waals surface area contributed by atoms with E-state index < -0.39 is 0 Å². The Hall–Kier alpha value is -2.49. The molecule has 2 heterocycles. The van der Waals surface area contributed by atoms with Gasteiger partial charge in [0.05, 0.1) is 0 Å². The largest absolute Gasteiger partial charge is 0.445 e. The summed E-state index contributed by atoms with van der Waals surface area (Å²) in [6.45, 7) is 7.36. The number of piperidine rings is 1. The van der Waals surface area contributed by atoms with Crippen molar-refractivity contribution in [2.75, 3.05) is 24.5 Å². The van der Waals surface area contributed by atoms with Gasteiger partial charge in [-0.15, -0.1) is 0 Å². The van der Waals surface area contributed by atoms with E-state index in [9.17, 15) is 4.79 Å². The molecular formula is C23H28N2O2. The van der Waals surface area contributed by atoms with Crippen LogP contribution in [0.1, 0.15) is 42.4 Å². The number of hydrogen-bond donors (Lipinski definition) is 0. The minimum atomic E-state index is -0.194. The molecule has 2 atom stereocenters. The van der Waals surface area contributed by atoms with E-state index in [1.54, 1.807) is 0 Å². The van der Waals surface area contributed by atoms with E-state index >= 15 is 0 Å². The first-order chi connectivity index (χ1) is 13.2. The maximum atomic E-state index is 12.6. The molecule has 2 aliphatic heterocycles. The molecule has 1 fully saturated rings. The standard InChI is InChI=1S/C23H28N2O2/c1-3-13-25-21-12-14-24(23(26)27-16-18-9-5-4-6-10-18)15-20(21)19-11-7-8-17(2)22(19)25/h4-11,20-21H,3,12-16H2,1-2H3. The molecule has 2 aromatic carbocycles. The molecule has 1 amide bonds. The number of rotatable bonds is 4. The van der Waals surface area contributed by atoms with Crippen molar-refractivity contribution in [2.45, 2.75) is 45.3 Å². The van der Waals surface area contributed by atoms with E-state index in [0.29, 0.717) is 18.6 Å². The van der Waals surface area contributed by atoms with E-state index in [4.69, 9.17) is 4.74 Å². The Labute approximate surface area is 161 Å². The highest BCUT2D eigenvalue weighted by atomic mass is 16.6. The maximum absolute atomic E-state index is 12.6. The molecule has 2 unspecified atom stereocenters. The Morgan fingerprint density at radius 3 is 2.74 bits per heavy atom. The molecule has 0 aromatic heterocycles. The van der Waals surface area contributed by atoms with Gasteiger partial charge in [0.1, 0.15) is 6.61 Å². The first-order valence-electron chi connectivity index (χ1n) is 10.0. The number of fused-ring (bicyclic) bond motifs is 3. The molecular weight excluding hydrogens is 336 g/mol. The van der Waals surface area contributed by atoms with Gasteiger partial charge in [-0.05, 0) is 36.5 Å². The molecule has 0 saturated carbocycles. The summed E-state index contributed by atoms with van der Waals surface area (Å²) in [7, 11) is 0. The van der Waals surface area contributed by atoms with Gasteiger partial charge >= 0.3 is 6.09 Å². The molecule has 4 heteroatoms. The van der Waals surface area contributed by atoms with Gasteiger partial charge in [-0.2, -0.15) is 0 Å². The van der Waals surface area contributed by atoms with Crippen molar-refractivity contribution in [2.24, 2.45) is 0 Å². The summed E-state index contributed by atoms with van der Waals surface area (Å²) in [4.78, 5) is 17.1. The second-order valence-electron chi connectivity index (χ2n) is 7.65. The van der Waals surface area contributed by atoms with E-state index in [1.165, 1.54) is 16.8 Å². The van der Waals surface area contributed by atoms with Gasteiger partial charge in [-0.1, -0.05) is 55.5 Å². The van der Waals surface area contributed by atoms with Crippen LogP contribution < -0.4 is 4.90 Å². The van der Waals surface area contributed by atoms with Crippen LogP contribution in [0.25, 0.3) is 0 Å². The zero-order chi connectivity index (χ0) is 18.8. The lowest BCUT2D eigenvalue weighted by Crippen LogP contribution is -2.48. The predicted octanol–water partition coefficient (Wildman–Crippen LogP) is 4.72. The summed E-state index contributed by atoms with van der Waals surface area (Å²) in [6.07, 6.45) is 1.94. The number of carbonyl (C=O) groups excluding carboxylic acids is 1. The lowest BCUT2D eigenvalue weighted by atomic mass is 9.89. The van der Waals surface area contributed by atoms with E-state index in [0.717, 1.165) is 38.0 Å². The SMILES string of the molecule is CCCN1c2c(C)cccc2C2CN(C(=O)OCc3ccccc3)CCC21. The van der Waals surface area contributed by atoms with Crippen LogP contribution in [-0.4, -0.2) is 36.7 Å². The minimum absolute atomic E-state index is 0.194. The number of ether oxygens (including phenoxy) is 1. The third-order valence-electron chi connectivity index (χ3n) is 5.86. The molecule has 0 radical (unpaired) electrons. The van der Waals surface area contributed by atoms with Crippen LogP contribution in [-0.2, 0) is 11.3 Å². The van der Waals surface area contributed by atoms with Crippen molar-refractivity contribution < 1.29 is 9.53 Å². The smallest absolute Gasteiger partial charge is 0.410 e. The summed E-state index contributed by atoms with van der Waals surface area (Å²) < 4.78 is 5.58. The molecule has 2 aromatic rings. The fourth-order valence-corrected chi connectivity index (χ4v) is 4.65. The predicted molar refractivity (Wildman–Crippen MR) is 108 cm³/mol. The summed E-state index contributed by atoms with van der Waals surface area (Å²) >= 11 is 0. The zero-order valence-corrected chi connectivity index (χ0v) is 16.2. The van der Waals surface area contributed by atoms with Crippen LogP contribution in [0.2, 0.25) is 0 Å². The summed E-state index contributed by atoms with van der Waals surface area (Å²) in [5.74, 6) is 0.379. The average molecular weight is 364 g/mol. The Balaban J connectivity index is 1.48. The molecule has 0 aliphatic carbocycles. The number of carbonyl (C=O) groups is 1. The lowest BCUT2D eigenvalue weighted by Gasteiger charge is -2.38. The third-order valence-corrected chi connectivity index (χ3v) is 5.86. The van der Waals surface area contributed by atoms with Gasteiger partial charge in [0.2, 0.25) is 0 Å². The topological polar surface area (TPSA) is 32.8 Å². The second-order valence-corrected chi connectivity index (χ2v) is 7.65. The fourth-order valence-electron chi connectivity index (χ4n) is 4.65. The molecule has 1 saturated heterocycles. The molecule has 27 heavy (non-hydrogen) atoms. The number of anilines is 1. The summed E-state index contributed by atoms with van der Waals surface area (Å²) in [5, 5.41) is 0. The van der Waals surface area contributed by atoms with Crippen LogP contribution in [0.3, 0.4) is 0 Å². The Kier molecular flexibility index (Phi) is 5.06. The van der Waals surface area contributed by atoms with E-state index in [-0.39, 0.29) is 6.09 Å². The number of aryl methyl sites for hydroxylation is 1. The van der Waals surface area contributed by atoms with Gasteiger partial charge in [-0.25, -0.2) is 4.79 Å². The highest BCUT2D eigenvalue weighted by Crippen LogP contribution is 2.46. The number of likely N-dealkylation sites (tertiary alicyclic amines) is 1. The Bertz CT molecular complexity index is 805. The molecule has 0 spiro atoms. The molecule has 4 nitrogen and oxygen atoms in total. The van der Waals surface area contributed by atoms with Crippen molar-refractivity contribution in [3.8, 4) is 0 Å². The Morgan fingerprint density at radius 1 is 1.15 bits per heavy atom. The fraction of sp³-hybridized carbons (Fsp3) is 0.435. The van der Waals surface area contributed by atoms with Crippen LogP contribution in [0.4, 0.5) is 10.5 Å². The van der Waals surface area contributed by atoms with Gasteiger partial charge < -0.3 is 14.5 Å². The van der Waals surface area contributed by atoms with Gasteiger partial charge in [-0.3, -0.25) is 0 Å². The van der Waals surface area contributed by atoms with Crippen molar-refractivity contribution in [3.05, 3.63) is 65.2 Å². The first-order valence-corrected chi connectivity index (χ1v) is 10.0. The summed E-state index contributed by atoms with van der Waals surface area (Å²) in [6, 6.07) is 17.0. The average Bonchev–Trinajstić information content (AvgIpc) is 3.02. The van der Waals surface area contributed by atoms with Crippen LogP contribution >= 0.6 is 0 Å². The highest BCUT2D eigenvalue weighted by Gasteiger charge is 2.43. The van der Waals surface area contributed by atoms with Gasteiger partial charge in [0, 0.05) is 37.3 Å². The van der Waals surface area contributed by atoms with Crippen molar-refractivity contribution >= 4 is 11.8 Å². The number of para-hydroxylation sites is 1. The monoisotopic (exact) mass is 364 g/mol. The normalized spacial score (nSPS) is 21.0. The lowest BCUT2D eigenvalue weighted by molar-refractivity contribution is 0.0837.